The maximum atomic E-state index is 11.3. The third kappa shape index (κ3) is 5.45. The van der Waals surface area contributed by atoms with E-state index in [1.165, 1.54) is 0 Å². The van der Waals surface area contributed by atoms with Crippen molar-refractivity contribution in [2.45, 2.75) is 38.2 Å². The monoisotopic (exact) mass is 371 g/mol. The smallest absolute Gasteiger partial charge is 0.408 e. The first-order valence-electron chi connectivity index (χ1n) is 9.12. The van der Waals surface area contributed by atoms with Crippen LogP contribution in [0.5, 0.6) is 5.75 Å². The Hall–Kier alpha value is -2.57. The van der Waals surface area contributed by atoms with Gasteiger partial charge in [0.2, 0.25) is 0 Å². The molecule has 27 heavy (non-hydrogen) atoms. The van der Waals surface area contributed by atoms with Gasteiger partial charge in [0.25, 0.3) is 0 Å². The van der Waals surface area contributed by atoms with Gasteiger partial charge in [-0.15, -0.1) is 0 Å². The van der Waals surface area contributed by atoms with Gasteiger partial charge in [-0.3, -0.25) is 0 Å². The van der Waals surface area contributed by atoms with Gasteiger partial charge in [0.05, 0.1) is 32.0 Å². The minimum Gasteiger partial charge on any atom is -0.493 e. The van der Waals surface area contributed by atoms with Gasteiger partial charge in [-0.1, -0.05) is 42.5 Å². The number of amides is 1. The standard InChI is InChI=1S/C21H25NO5/c1-15(26-14-16-5-3-2-4-6-16)11-12-25-18-9-7-17(8-10-18)20-19(13-23)27-21(24)22-20/h2-10,15,19-20,23H,11-14H2,1H3,(H,22,24). The lowest BCUT2D eigenvalue weighted by Gasteiger charge is -2.16. The van der Waals surface area contributed by atoms with Gasteiger partial charge in [-0.2, -0.15) is 0 Å². The van der Waals surface area contributed by atoms with Crippen LogP contribution in [-0.4, -0.2) is 36.6 Å². The van der Waals surface area contributed by atoms with E-state index in [9.17, 15) is 9.90 Å². The van der Waals surface area contributed by atoms with Crippen molar-refractivity contribution in [2.24, 2.45) is 0 Å². The Morgan fingerprint density at radius 3 is 2.59 bits per heavy atom. The molecule has 0 spiro atoms. The molecule has 0 saturated carbocycles. The van der Waals surface area contributed by atoms with E-state index in [1.54, 1.807) is 0 Å². The molecule has 1 aliphatic rings. The summed E-state index contributed by atoms with van der Waals surface area (Å²) in [6.45, 7) is 2.96. The van der Waals surface area contributed by atoms with Gasteiger partial charge < -0.3 is 24.6 Å². The molecule has 1 aliphatic heterocycles. The van der Waals surface area contributed by atoms with Crippen molar-refractivity contribution in [2.75, 3.05) is 13.2 Å². The number of hydrogen-bond donors (Lipinski definition) is 2. The summed E-state index contributed by atoms with van der Waals surface area (Å²) in [7, 11) is 0. The molecule has 3 atom stereocenters. The number of rotatable bonds is 9. The molecule has 0 radical (unpaired) electrons. The Balaban J connectivity index is 1.41. The molecule has 0 aromatic heterocycles. The van der Waals surface area contributed by atoms with E-state index < -0.39 is 12.2 Å². The number of nitrogens with one attached hydrogen (secondary N) is 1. The van der Waals surface area contributed by atoms with Crippen LogP contribution in [0.1, 0.15) is 30.5 Å². The van der Waals surface area contributed by atoms with Gasteiger partial charge in [0.15, 0.2) is 6.10 Å². The second-order valence-electron chi connectivity index (χ2n) is 6.56. The van der Waals surface area contributed by atoms with Crippen molar-refractivity contribution in [3.63, 3.8) is 0 Å². The Labute approximate surface area is 159 Å². The molecule has 3 rings (SSSR count). The van der Waals surface area contributed by atoms with Crippen molar-refractivity contribution in [1.82, 2.24) is 5.32 Å². The van der Waals surface area contributed by atoms with Crippen molar-refractivity contribution in [1.29, 1.82) is 0 Å². The number of aliphatic hydroxyl groups excluding tert-OH is 1. The molecule has 3 unspecified atom stereocenters. The summed E-state index contributed by atoms with van der Waals surface area (Å²) in [4.78, 5) is 11.3. The number of cyclic esters (lactones) is 1. The Morgan fingerprint density at radius 2 is 1.89 bits per heavy atom. The maximum absolute atomic E-state index is 11.3. The molecule has 1 heterocycles. The minimum atomic E-state index is -0.563. The minimum absolute atomic E-state index is 0.0978. The summed E-state index contributed by atoms with van der Waals surface area (Å²) in [5.74, 6) is 0.750. The number of carbonyl (C=O) groups is 1. The lowest BCUT2D eigenvalue weighted by molar-refractivity contribution is 0.0386. The molecule has 1 amide bonds. The van der Waals surface area contributed by atoms with E-state index in [0.717, 1.165) is 23.3 Å². The van der Waals surface area contributed by atoms with Gasteiger partial charge in [0, 0.05) is 6.42 Å². The molecule has 1 saturated heterocycles. The highest BCUT2D eigenvalue weighted by molar-refractivity contribution is 5.70. The van der Waals surface area contributed by atoms with Crippen LogP contribution >= 0.6 is 0 Å². The van der Waals surface area contributed by atoms with E-state index in [4.69, 9.17) is 14.2 Å². The fourth-order valence-corrected chi connectivity index (χ4v) is 2.91. The highest BCUT2D eigenvalue weighted by Crippen LogP contribution is 2.26. The first-order chi connectivity index (χ1) is 13.2. The number of hydrogen-bond acceptors (Lipinski definition) is 5. The number of alkyl carbamates (subject to hydrolysis) is 1. The second-order valence-corrected chi connectivity index (χ2v) is 6.56. The molecule has 1 fully saturated rings. The van der Waals surface area contributed by atoms with E-state index in [1.807, 2.05) is 61.5 Å². The molecule has 6 nitrogen and oxygen atoms in total. The molecule has 2 aromatic rings. The van der Waals surface area contributed by atoms with Gasteiger partial charge >= 0.3 is 6.09 Å². The van der Waals surface area contributed by atoms with E-state index >= 15 is 0 Å². The number of aliphatic hydroxyl groups is 1. The number of benzene rings is 2. The molecule has 0 bridgehead atoms. The fourth-order valence-electron chi connectivity index (χ4n) is 2.91. The zero-order valence-electron chi connectivity index (χ0n) is 15.3. The first kappa shape index (κ1) is 19.2. The lowest BCUT2D eigenvalue weighted by Crippen LogP contribution is -2.24. The van der Waals surface area contributed by atoms with Gasteiger partial charge in [-0.25, -0.2) is 4.79 Å². The highest BCUT2D eigenvalue weighted by atomic mass is 16.6. The van der Waals surface area contributed by atoms with Crippen molar-refractivity contribution in [3.05, 3.63) is 65.7 Å². The first-order valence-corrected chi connectivity index (χ1v) is 9.12. The molecule has 0 aliphatic carbocycles. The molecule has 144 valence electrons. The summed E-state index contributed by atoms with van der Waals surface area (Å²) in [5.41, 5.74) is 2.02. The molecule has 2 aromatic carbocycles. The van der Waals surface area contributed by atoms with E-state index in [2.05, 4.69) is 5.32 Å². The summed E-state index contributed by atoms with van der Waals surface area (Å²) in [6.07, 6.45) is -0.190. The lowest BCUT2D eigenvalue weighted by atomic mass is 10.0. The van der Waals surface area contributed by atoms with Crippen molar-refractivity contribution < 1.29 is 24.1 Å². The zero-order chi connectivity index (χ0) is 19.1. The summed E-state index contributed by atoms with van der Waals surface area (Å²) < 4.78 is 16.6. The van der Waals surface area contributed by atoms with Crippen LogP contribution in [0, 0.1) is 0 Å². The zero-order valence-corrected chi connectivity index (χ0v) is 15.3. The van der Waals surface area contributed by atoms with Crippen molar-refractivity contribution in [3.8, 4) is 5.75 Å². The number of ether oxygens (including phenoxy) is 3. The second kappa shape index (κ2) is 9.39. The predicted molar refractivity (Wildman–Crippen MR) is 100 cm³/mol. The summed E-state index contributed by atoms with van der Waals surface area (Å²) in [5, 5.41) is 12.0. The van der Waals surface area contributed by atoms with Crippen molar-refractivity contribution >= 4 is 6.09 Å². The average molecular weight is 371 g/mol. The molecule has 2 N–H and O–H groups in total. The Morgan fingerprint density at radius 1 is 1.15 bits per heavy atom. The topological polar surface area (TPSA) is 77.0 Å². The van der Waals surface area contributed by atoms with Crippen LogP contribution in [0.15, 0.2) is 54.6 Å². The Bertz CT molecular complexity index is 719. The van der Waals surface area contributed by atoms with E-state index in [-0.39, 0.29) is 18.8 Å². The molecular weight excluding hydrogens is 346 g/mol. The average Bonchev–Trinajstić information content (AvgIpc) is 3.08. The summed E-state index contributed by atoms with van der Waals surface area (Å²) >= 11 is 0. The van der Waals surface area contributed by atoms with Crippen LogP contribution in [0.2, 0.25) is 0 Å². The quantitative estimate of drug-likeness (QED) is 0.708. The molecule has 6 heteroatoms. The normalized spacial score (nSPS) is 20.0. The SMILES string of the molecule is CC(CCOc1ccc(C2NC(=O)OC2CO)cc1)OCc1ccccc1. The molecular formula is C21H25NO5. The van der Waals surface area contributed by atoms with Crippen LogP contribution in [0.3, 0.4) is 0 Å². The largest absolute Gasteiger partial charge is 0.493 e. The summed E-state index contributed by atoms with van der Waals surface area (Å²) in [6, 6.07) is 17.2. The van der Waals surface area contributed by atoms with Crippen LogP contribution in [0.25, 0.3) is 0 Å². The Kier molecular flexibility index (Phi) is 6.68. The fraction of sp³-hybridized carbons (Fsp3) is 0.381. The third-order valence-electron chi connectivity index (χ3n) is 4.49. The van der Waals surface area contributed by atoms with Gasteiger partial charge in [0.1, 0.15) is 5.75 Å². The van der Waals surface area contributed by atoms with Gasteiger partial charge in [-0.05, 0) is 30.2 Å². The maximum Gasteiger partial charge on any atom is 0.408 e. The third-order valence-corrected chi connectivity index (χ3v) is 4.49. The van der Waals surface area contributed by atoms with Crippen LogP contribution < -0.4 is 10.1 Å². The predicted octanol–water partition coefficient (Wildman–Crippen LogP) is 3.20. The van der Waals surface area contributed by atoms with Crippen LogP contribution in [-0.2, 0) is 16.1 Å². The number of carbonyl (C=O) groups excluding carboxylic acids is 1. The highest BCUT2D eigenvalue weighted by Gasteiger charge is 2.34. The van der Waals surface area contributed by atoms with E-state index in [0.29, 0.717) is 13.2 Å². The van der Waals surface area contributed by atoms with Crippen LogP contribution in [0.4, 0.5) is 4.79 Å².